The van der Waals surface area contributed by atoms with Gasteiger partial charge in [0.1, 0.15) is 11.3 Å². The van der Waals surface area contributed by atoms with Crippen LogP contribution >= 0.6 is 0 Å². The van der Waals surface area contributed by atoms with Crippen LogP contribution in [0, 0.1) is 0 Å². The van der Waals surface area contributed by atoms with Gasteiger partial charge in [0.05, 0.1) is 12.0 Å². The van der Waals surface area contributed by atoms with Gasteiger partial charge in [-0.25, -0.2) is 18.4 Å². The van der Waals surface area contributed by atoms with Gasteiger partial charge in [0.2, 0.25) is 10.0 Å². The number of hydrogen-bond donors (Lipinski definition) is 1. The Bertz CT molecular complexity index is 1010. The second-order valence-corrected chi connectivity index (χ2v) is 7.80. The molecule has 0 saturated carbocycles. The highest BCUT2D eigenvalue weighted by Gasteiger charge is 2.20. The van der Waals surface area contributed by atoms with Crippen LogP contribution in [0.5, 0.6) is 5.75 Å². The Hall–Kier alpha value is -2.71. The number of rotatable bonds is 6. The maximum Gasteiger partial charge on any atom is 0.342 e. The first-order chi connectivity index (χ1) is 12.8. The maximum absolute atomic E-state index is 12.3. The second-order valence-electron chi connectivity index (χ2n) is 6.24. The lowest BCUT2D eigenvalue weighted by atomic mass is 10.0. The number of aryl methyl sites for hydroxylation is 2. The minimum Gasteiger partial charge on any atom is -0.496 e. The van der Waals surface area contributed by atoms with Gasteiger partial charge in [-0.2, -0.15) is 0 Å². The zero-order chi connectivity index (χ0) is 19.6. The molecule has 1 aliphatic rings. The lowest BCUT2D eigenvalue weighted by Gasteiger charge is -2.10. The highest BCUT2D eigenvalue weighted by molar-refractivity contribution is 7.89. The van der Waals surface area contributed by atoms with E-state index in [4.69, 9.17) is 14.6 Å². The number of hydrogen-bond acceptors (Lipinski definition) is 6. The Morgan fingerprint density at radius 2 is 1.81 bits per heavy atom. The highest BCUT2D eigenvalue weighted by atomic mass is 32.2. The van der Waals surface area contributed by atoms with E-state index in [0.29, 0.717) is 5.56 Å². The average molecular weight is 389 g/mol. The fourth-order valence-electron chi connectivity index (χ4n) is 3.06. The van der Waals surface area contributed by atoms with E-state index < -0.39 is 22.6 Å². The smallest absolute Gasteiger partial charge is 0.342 e. The Balaban J connectivity index is 1.74. The molecule has 0 heterocycles. The van der Waals surface area contributed by atoms with Crippen molar-refractivity contribution in [3.8, 4) is 5.75 Å². The van der Waals surface area contributed by atoms with E-state index in [1.165, 1.54) is 24.8 Å². The fourth-order valence-corrected chi connectivity index (χ4v) is 3.60. The van der Waals surface area contributed by atoms with Crippen molar-refractivity contribution in [3.63, 3.8) is 0 Å². The lowest BCUT2D eigenvalue weighted by molar-refractivity contribution is 0.0471. The summed E-state index contributed by atoms with van der Waals surface area (Å²) in [5.74, 6) is -1.08. The standard InChI is InChI=1S/C19H19NO6S/c1-25-18-8-7-15(27(20,23)24)10-16(18)19(22)26-11-17(21)14-6-5-12-3-2-4-13(12)9-14/h5-10H,2-4,11H2,1H3,(H2,20,23,24). The number of sulfonamides is 1. The number of ether oxygens (including phenoxy) is 2. The lowest BCUT2D eigenvalue weighted by Crippen LogP contribution is -2.17. The Kier molecular flexibility index (Phi) is 5.29. The zero-order valence-corrected chi connectivity index (χ0v) is 15.5. The SMILES string of the molecule is COc1ccc(S(N)(=O)=O)cc1C(=O)OCC(=O)c1ccc2c(c1)CCC2. The van der Waals surface area contributed by atoms with Crippen LogP contribution in [0.1, 0.15) is 38.3 Å². The monoisotopic (exact) mass is 389 g/mol. The summed E-state index contributed by atoms with van der Waals surface area (Å²) >= 11 is 0. The Morgan fingerprint density at radius 3 is 2.52 bits per heavy atom. The Morgan fingerprint density at radius 1 is 1.07 bits per heavy atom. The molecule has 8 heteroatoms. The number of carbonyl (C=O) groups excluding carboxylic acids is 2. The predicted molar refractivity (Wildman–Crippen MR) is 97.4 cm³/mol. The molecule has 0 unspecified atom stereocenters. The van der Waals surface area contributed by atoms with E-state index in [1.807, 2.05) is 12.1 Å². The van der Waals surface area contributed by atoms with Crippen molar-refractivity contribution in [2.45, 2.75) is 24.2 Å². The number of nitrogens with two attached hydrogens (primary N) is 1. The molecular formula is C19H19NO6S. The number of Topliss-reactive ketones (excluding diaryl/α,β-unsaturated/α-hetero) is 1. The van der Waals surface area contributed by atoms with E-state index >= 15 is 0 Å². The van der Waals surface area contributed by atoms with Crippen molar-refractivity contribution >= 4 is 21.8 Å². The van der Waals surface area contributed by atoms with E-state index in [0.717, 1.165) is 30.9 Å². The Labute approximate surface area is 157 Å². The molecule has 3 rings (SSSR count). The quantitative estimate of drug-likeness (QED) is 0.596. The van der Waals surface area contributed by atoms with Gasteiger partial charge < -0.3 is 9.47 Å². The van der Waals surface area contributed by atoms with Crippen molar-refractivity contribution in [3.05, 3.63) is 58.7 Å². The van der Waals surface area contributed by atoms with Crippen LogP contribution in [-0.4, -0.2) is 33.9 Å². The van der Waals surface area contributed by atoms with Gasteiger partial charge >= 0.3 is 5.97 Å². The molecule has 0 spiro atoms. The summed E-state index contributed by atoms with van der Waals surface area (Å²) in [6.07, 6.45) is 3.02. The first kappa shape index (κ1) is 19.1. The molecule has 1 aliphatic carbocycles. The minimum absolute atomic E-state index is 0.120. The molecule has 0 radical (unpaired) electrons. The zero-order valence-electron chi connectivity index (χ0n) is 14.7. The summed E-state index contributed by atoms with van der Waals surface area (Å²) in [7, 11) is -2.66. The molecule has 2 N–H and O–H groups in total. The van der Waals surface area contributed by atoms with Crippen LogP contribution < -0.4 is 9.88 Å². The van der Waals surface area contributed by atoms with Crippen LogP contribution in [0.4, 0.5) is 0 Å². The molecule has 0 amide bonds. The third-order valence-corrected chi connectivity index (χ3v) is 5.39. The first-order valence-electron chi connectivity index (χ1n) is 8.32. The second kappa shape index (κ2) is 7.50. The maximum atomic E-state index is 12.3. The fraction of sp³-hybridized carbons (Fsp3) is 0.263. The van der Waals surface area contributed by atoms with E-state index in [-0.39, 0.29) is 22.0 Å². The van der Waals surface area contributed by atoms with Crippen molar-refractivity contribution in [2.24, 2.45) is 5.14 Å². The number of primary sulfonamides is 1. The molecule has 7 nitrogen and oxygen atoms in total. The molecule has 2 aromatic rings. The number of ketones is 1. The largest absolute Gasteiger partial charge is 0.496 e. The van der Waals surface area contributed by atoms with Crippen LogP contribution in [-0.2, 0) is 27.6 Å². The van der Waals surface area contributed by atoms with Crippen LogP contribution in [0.15, 0.2) is 41.3 Å². The molecular weight excluding hydrogens is 370 g/mol. The average Bonchev–Trinajstić information content (AvgIpc) is 3.12. The van der Waals surface area contributed by atoms with Crippen molar-refractivity contribution in [1.29, 1.82) is 0 Å². The van der Waals surface area contributed by atoms with Gasteiger partial charge in [0.25, 0.3) is 0 Å². The minimum atomic E-state index is -3.99. The molecule has 0 aromatic heterocycles. The molecule has 142 valence electrons. The summed E-state index contributed by atoms with van der Waals surface area (Å²) in [6, 6.07) is 9.08. The van der Waals surface area contributed by atoms with Gasteiger partial charge in [-0.1, -0.05) is 12.1 Å². The van der Waals surface area contributed by atoms with Crippen molar-refractivity contribution < 1.29 is 27.5 Å². The molecule has 0 aliphatic heterocycles. The van der Waals surface area contributed by atoms with Gasteiger partial charge in [0, 0.05) is 5.56 Å². The summed E-state index contributed by atoms with van der Waals surface area (Å²) in [6.45, 7) is -0.458. The first-order valence-corrected chi connectivity index (χ1v) is 9.87. The van der Waals surface area contributed by atoms with Crippen molar-refractivity contribution in [2.75, 3.05) is 13.7 Å². The number of carbonyl (C=O) groups is 2. The van der Waals surface area contributed by atoms with Gasteiger partial charge in [-0.15, -0.1) is 0 Å². The number of fused-ring (bicyclic) bond motifs is 1. The summed E-state index contributed by atoms with van der Waals surface area (Å²) in [4.78, 5) is 24.4. The molecule has 0 atom stereocenters. The van der Waals surface area contributed by atoms with E-state index in [1.54, 1.807) is 6.07 Å². The summed E-state index contributed by atoms with van der Waals surface area (Å²) in [5, 5.41) is 5.09. The van der Waals surface area contributed by atoms with Crippen LogP contribution in [0.2, 0.25) is 0 Å². The third kappa shape index (κ3) is 4.17. The van der Waals surface area contributed by atoms with Crippen LogP contribution in [0.25, 0.3) is 0 Å². The van der Waals surface area contributed by atoms with Crippen LogP contribution in [0.3, 0.4) is 0 Å². The number of benzene rings is 2. The molecule has 27 heavy (non-hydrogen) atoms. The number of esters is 1. The molecule has 0 saturated heterocycles. The normalized spacial score (nSPS) is 13.1. The summed E-state index contributed by atoms with van der Waals surface area (Å²) < 4.78 is 33.1. The van der Waals surface area contributed by atoms with E-state index in [9.17, 15) is 18.0 Å². The molecule has 0 fully saturated rings. The third-order valence-electron chi connectivity index (χ3n) is 4.47. The van der Waals surface area contributed by atoms with E-state index in [2.05, 4.69) is 0 Å². The molecule has 0 bridgehead atoms. The van der Waals surface area contributed by atoms with Crippen molar-refractivity contribution in [1.82, 2.24) is 0 Å². The highest BCUT2D eigenvalue weighted by Crippen LogP contribution is 2.24. The summed E-state index contributed by atoms with van der Waals surface area (Å²) in [5.41, 5.74) is 2.75. The predicted octanol–water partition coefficient (Wildman–Crippen LogP) is 1.87. The van der Waals surface area contributed by atoms with Gasteiger partial charge in [-0.3, -0.25) is 4.79 Å². The molecule has 2 aromatic carbocycles. The van der Waals surface area contributed by atoms with Gasteiger partial charge in [-0.05, 0) is 54.7 Å². The number of methoxy groups -OCH3 is 1. The van der Waals surface area contributed by atoms with Gasteiger partial charge in [0.15, 0.2) is 12.4 Å². The topological polar surface area (TPSA) is 113 Å².